The van der Waals surface area contributed by atoms with Crippen molar-refractivity contribution >= 4 is 5.97 Å². The monoisotopic (exact) mass is 450 g/mol. The van der Waals surface area contributed by atoms with Crippen LogP contribution in [0.2, 0.25) is 0 Å². The molecule has 2 fully saturated rings. The lowest BCUT2D eigenvalue weighted by Crippen LogP contribution is -2.44. The van der Waals surface area contributed by atoms with Crippen LogP contribution < -0.4 is 0 Å². The summed E-state index contributed by atoms with van der Waals surface area (Å²) in [6, 6.07) is 0. The molecule has 0 aromatic heterocycles. The molecular weight excluding hydrogens is 416 g/mol. The average molecular weight is 451 g/mol. The summed E-state index contributed by atoms with van der Waals surface area (Å²) < 4.78 is 61.8. The molecule has 0 aromatic rings. The Hall–Kier alpha value is -1.57. The van der Waals surface area contributed by atoms with Crippen LogP contribution in [0.1, 0.15) is 65.7 Å². The second kappa shape index (κ2) is 10.4. The number of unbranched alkanes of at least 4 members (excludes halogenated alkanes) is 2. The highest BCUT2D eigenvalue weighted by atomic mass is 19.4. The summed E-state index contributed by atoms with van der Waals surface area (Å²) in [5.41, 5.74) is -2.25. The maximum atomic E-state index is 15.1. The number of hydrogen-bond acceptors (Lipinski definition) is 3. The number of halogens is 4. The Morgan fingerprint density at radius 2 is 2.00 bits per heavy atom. The minimum atomic E-state index is -4.55. The van der Waals surface area contributed by atoms with Crippen molar-refractivity contribution in [3.8, 4) is 0 Å². The lowest BCUT2D eigenvalue weighted by Gasteiger charge is -2.35. The van der Waals surface area contributed by atoms with E-state index in [4.69, 9.17) is 9.84 Å². The molecule has 1 saturated heterocycles. The van der Waals surface area contributed by atoms with Crippen molar-refractivity contribution in [2.75, 3.05) is 0 Å². The molecule has 1 heterocycles. The summed E-state index contributed by atoms with van der Waals surface area (Å²) in [4.78, 5) is 10.6. The molecular formula is C23H34F4O4. The molecule has 1 aliphatic heterocycles. The van der Waals surface area contributed by atoms with Gasteiger partial charge in [0.2, 0.25) is 0 Å². The SMILES string of the molecule is CCCCC(C)([C@H](O)C=C[C@@H]1[C@H]2[C@H](F)C(=CCCCC(=O)O)O[C@@H]2C[C@H]1C)C(F)(F)F. The van der Waals surface area contributed by atoms with Crippen molar-refractivity contribution in [3.63, 3.8) is 0 Å². The van der Waals surface area contributed by atoms with Gasteiger partial charge < -0.3 is 14.9 Å². The Balaban J connectivity index is 2.11. The molecule has 1 aliphatic carbocycles. The van der Waals surface area contributed by atoms with Gasteiger partial charge in [0.1, 0.15) is 11.9 Å². The normalized spacial score (nSPS) is 32.8. The Kier molecular flexibility index (Phi) is 8.59. The van der Waals surface area contributed by atoms with Crippen molar-refractivity contribution in [2.45, 2.75) is 90.3 Å². The minimum Gasteiger partial charge on any atom is -0.492 e. The molecule has 8 heteroatoms. The molecule has 7 atom stereocenters. The molecule has 4 nitrogen and oxygen atoms in total. The second-order valence-corrected chi connectivity index (χ2v) is 9.17. The highest BCUT2D eigenvalue weighted by molar-refractivity contribution is 5.66. The zero-order valence-corrected chi connectivity index (χ0v) is 18.4. The number of aliphatic hydroxyl groups is 1. The molecule has 0 aromatic carbocycles. The third kappa shape index (κ3) is 5.82. The fourth-order valence-corrected chi connectivity index (χ4v) is 4.67. The van der Waals surface area contributed by atoms with E-state index in [0.717, 1.165) is 6.92 Å². The molecule has 2 N–H and O–H groups in total. The van der Waals surface area contributed by atoms with Gasteiger partial charge in [-0.1, -0.05) is 38.8 Å². The first-order chi connectivity index (χ1) is 14.4. The number of alkyl halides is 4. The van der Waals surface area contributed by atoms with Gasteiger partial charge in [-0.15, -0.1) is 0 Å². The Bertz CT molecular complexity index is 675. The first-order valence-corrected chi connectivity index (χ1v) is 11.1. The van der Waals surface area contributed by atoms with Crippen molar-refractivity contribution in [1.29, 1.82) is 0 Å². The average Bonchev–Trinajstić information content (AvgIpc) is 3.14. The number of ether oxygens (including phenoxy) is 1. The number of aliphatic hydroxyl groups excluding tert-OH is 1. The molecule has 0 radical (unpaired) electrons. The number of carboxylic acids is 1. The van der Waals surface area contributed by atoms with E-state index in [0.29, 0.717) is 32.1 Å². The summed E-state index contributed by atoms with van der Waals surface area (Å²) >= 11 is 0. The third-order valence-electron chi connectivity index (χ3n) is 6.84. The predicted molar refractivity (Wildman–Crippen MR) is 109 cm³/mol. The van der Waals surface area contributed by atoms with E-state index in [1.54, 1.807) is 19.1 Å². The molecule has 1 saturated carbocycles. The molecule has 0 bridgehead atoms. The van der Waals surface area contributed by atoms with E-state index in [-0.39, 0.29) is 36.5 Å². The van der Waals surface area contributed by atoms with Crippen LogP contribution in [0.5, 0.6) is 0 Å². The minimum absolute atomic E-state index is 0.0100. The van der Waals surface area contributed by atoms with Gasteiger partial charge in [-0.25, -0.2) is 4.39 Å². The quantitative estimate of drug-likeness (QED) is 0.250. The largest absolute Gasteiger partial charge is 0.492 e. The molecule has 2 aliphatic rings. The highest BCUT2D eigenvalue weighted by Gasteiger charge is 2.55. The van der Waals surface area contributed by atoms with Gasteiger partial charge in [0, 0.05) is 12.3 Å². The molecule has 0 spiro atoms. The van der Waals surface area contributed by atoms with Crippen LogP contribution in [-0.2, 0) is 9.53 Å². The number of allylic oxidation sites excluding steroid dienone is 3. The van der Waals surface area contributed by atoms with Crippen LogP contribution >= 0.6 is 0 Å². The van der Waals surface area contributed by atoms with Gasteiger partial charge in [0.25, 0.3) is 0 Å². The summed E-state index contributed by atoms with van der Waals surface area (Å²) in [6.07, 6.45) is -1.61. The zero-order chi connectivity index (χ0) is 23.4. The Morgan fingerprint density at radius 3 is 2.58 bits per heavy atom. The summed E-state index contributed by atoms with van der Waals surface area (Å²) in [7, 11) is 0. The van der Waals surface area contributed by atoms with Crippen LogP contribution in [0.25, 0.3) is 0 Å². The molecule has 1 unspecified atom stereocenters. The first-order valence-electron chi connectivity index (χ1n) is 11.1. The topological polar surface area (TPSA) is 66.8 Å². The fraction of sp³-hybridized carbons (Fsp3) is 0.783. The lowest BCUT2D eigenvalue weighted by molar-refractivity contribution is -0.244. The van der Waals surface area contributed by atoms with Crippen LogP contribution in [0.4, 0.5) is 17.6 Å². The standard InChI is InChI=1S/C23H34F4O4/c1-4-5-12-22(3,23(25,26)27)18(28)11-10-15-14(2)13-17-20(15)21(24)16(31-17)8-6-7-9-19(29)30/h8,10-11,14-15,17-18,20-21,28H,4-7,9,12-13H2,1-3H3,(H,29,30)/t14-,15+,17-,18-,20-,21-,22?/m1/s1. The predicted octanol–water partition coefficient (Wildman–Crippen LogP) is 5.81. The van der Waals surface area contributed by atoms with E-state index in [1.807, 2.05) is 6.92 Å². The molecule has 2 rings (SSSR count). The van der Waals surface area contributed by atoms with Crippen LogP contribution in [0.15, 0.2) is 24.0 Å². The number of fused-ring (bicyclic) bond motifs is 1. The van der Waals surface area contributed by atoms with E-state index in [2.05, 4.69) is 0 Å². The van der Waals surface area contributed by atoms with Gasteiger partial charge in [0.05, 0.1) is 11.5 Å². The smallest absolute Gasteiger partial charge is 0.397 e. The molecule has 0 amide bonds. The van der Waals surface area contributed by atoms with Crippen LogP contribution in [0.3, 0.4) is 0 Å². The second-order valence-electron chi connectivity index (χ2n) is 9.17. The Labute approximate surface area is 181 Å². The number of aliphatic carboxylic acids is 1. The van der Waals surface area contributed by atoms with Crippen molar-refractivity contribution < 1.29 is 37.3 Å². The summed E-state index contributed by atoms with van der Waals surface area (Å²) in [6.45, 7) is 4.74. The zero-order valence-electron chi connectivity index (χ0n) is 18.4. The fourth-order valence-electron chi connectivity index (χ4n) is 4.67. The maximum Gasteiger partial charge on any atom is 0.397 e. The third-order valence-corrected chi connectivity index (χ3v) is 6.84. The summed E-state index contributed by atoms with van der Waals surface area (Å²) in [5, 5.41) is 19.1. The van der Waals surface area contributed by atoms with Crippen LogP contribution in [0, 0.1) is 23.2 Å². The number of rotatable bonds is 10. The number of carbonyl (C=O) groups is 1. The van der Waals surface area contributed by atoms with Crippen molar-refractivity contribution in [2.24, 2.45) is 23.2 Å². The Morgan fingerprint density at radius 1 is 1.32 bits per heavy atom. The van der Waals surface area contributed by atoms with Gasteiger partial charge in [-0.3, -0.25) is 4.79 Å². The maximum absolute atomic E-state index is 15.1. The van der Waals surface area contributed by atoms with E-state index in [9.17, 15) is 23.1 Å². The van der Waals surface area contributed by atoms with E-state index in [1.165, 1.54) is 6.08 Å². The van der Waals surface area contributed by atoms with Crippen LogP contribution in [-0.4, -0.2) is 40.7 Å². The summed E-state index contributed by atoms with van der Waals surface area (Å²) in [5.74, 6) is -1.57. The number of carboxylic acid groups (broad SMARTS) is 1. The van der Waals surface area contributed by atoms with Crippen molar-refractivity contribution in [3.05, 3.63) is 24.0 Å². The lowest BCUT2D eigenvalue weighted by atomic mass is 9.77. The highest BCUT2D eigenvalue weighted by Crippen LogP contribution is 2.50. The number of hydrogen-bond donors (Lipinski definition) is 2. The van der Waals surface area contributed by atoms with Gasteiger partial charge in [0.15, 0.2) is 6.17 Å². The van der Waals surface area contributed by atoms with Gasteiger partial charge in [-0.2, -0.15) is 13.2 Å². The molecule has 178 valence electrons. The van der Waals surface area contributed by atoms with Crippen molar-refractivity contribution in [1.82, 2.24) is 0 Å². The molecule has 31 heavy (non-hydrogen) atoms. The van der Waals surface area contributed by atoms with Gasteiger partial charge >= 0.3 is 12.1 Å². The van der Waals surface area contributed by atoms with Gasteiger partial charge in [-0.05, 0) is 50.5 Å². The van der Waals surface area contributed by atoms with E-state index >= 15 is 4.39 Å². The van der Waals surface area contributed by atoms with E-state index < -0.39 is 35.8 Å². The first kappa shape index (κ1) is 25.7.